The summed E-state index contributed by atoms with van der Waals surface area (Å²) in [5.74, 6) is 0.930. The van der Waals surface area contributed by atoms with E-state index >= 15 is 0 Å². The number of likely N-dealkylation sites (tertiary alicyclic amines) is 1. The number of aliphatic hydroxyl groups is 1. The fraction of sp³-hybridized carbons (Fsp3) is 0.323. The first-order valence-electron chi connectivity index (χ1n) is 12.7. The zero-order valence-corrected chi connectivity index (χ0v) is 21.2. The number of esters is 1. The second kappa shape index (κ2) is 12.5. The van der Waals surface area contributed by atoms with Crippen molar-refractivity contribution in [1.29, 1.82) is 0 Å². The van der Waals surface area contributed by atoms with Crippen LogP contribution in [0.4, 0.5) is 0 Å². The van der Waals surface area contributed by atoms with Crippen molar-refractivity contribution in [2.24, 2.45) is 0 Å². The molecule has 0 aliphatic carbocycles. The van der Waals surface area contributed by atoms with Gasteiger partial charge in [-0.2, -0.15) is 0 Å². The summed E-state index contributed by atoms with van der Waals surface area (Å²) in [6.45, 7) is 6.62. The van der Waals surface area contributed by atoms with Crippen molar-refractivity contribution in [3.05, 3.63) is 95.6 Å². The van der Waals surface area contributed by atoms with E-state index in [2.05, 4.69) is 48.2 Å². The molecule has 1 atom stereocenters. The molecule has 0 amide bonds. The van der Waals surface area contributed by atoms with E-state index in [9.17, 15) is 9.90 Å². The monoisotopic (exact) mass is 485 g/mol. The lowest BCUT2D eigenvalue weighted by atomic mass is 9.88. The Labute approximate surface area is 214 Å². The molecular formula is C31H35NO4. The van der Waals surface area contributed by atoms with E-state index < -0.39 is 6.10 Å². The van der Waals surface area contributed by atoms with Crippen molar-refractivity contribution >= 4 is 17.1 Å². The van der Waals surface area contributed by atoms with E-state index in [1.54, 1.807) is 0 Å². The van der Waals surface area contributed by atoms with Crippen LogP contribution in [0.15, 0.2) is 78.9 Å². The van der Waals surface area contributed by atoms with Gasteiger partial charge in [-0.1, -0.05) is 61.5 Å². The van der Waals surface area contributed by atoms with Crippen LogP contribution in [0, 0.1) is 0 Å². The van der Waals surface area contributed by atoms with E-state index in [1.807, 2.05) is 42.5 Å². The first-order valence-corrected chi connectivity index (χ1v) is 12.7. The minimum absolute atomic E-state index is 0.278. The minimum Gasteiger partial charge on any atom is -0.491 e. The van der Waals surface area contributed by atoms with E-state index in [1.165, 1.54) is 30.9 Å². The lowest BCUT2D eigenvalue weighted by Crippen LogP contribution is -2.33. The van der Waals surface area contributed by atoms with Crippen LogP contribution >= 0.6 is 0 Å². The summed E-state index contributed by atoms with van der Waals surface area (Å²) < 4.78 is 11.1. The molecule has 4 rings (SSSR count). The number of hydrogen-bond acceptors (Lipinski definition) is 5. The highest BCUT2D eigenvalue weighted by Gasteiger charge is 2.17. The molecule has 0 radical (unpaired) electrons. The molecule has 188 valence electrons. The van der Waals surface area contributed by atoms with Crippen LogP contribution in [0.25, 0.3) is 11.1 Å². The average Bonchev–Trinajstić information content (AvgIpc) is 3.40. The zero-order chi connectivity index (χ0) is 25.3. The zero-order valence-electron chi connectivity index (χ0n) is 21.2. The van der Waals surface area contributed by atoms with Crippen molar-refractivity contribution in [1.82, 2.24) is 4.90 Å². The second-order valence-corrected chi connectivity index (χ2v) is 9.19. The third-order valence-electron chi connectivity index (χ3n) is 6.44. The minimum atomic E-state index is -0.501. The Morgan fingerprint density at radius 3 is 2.00 bits per heavy atom. The van der Waals surface area contributed by atoms with Gasteiger partial charge < -0.3 is 19.5 Å². The van der Waals surface area contributed by atoms with Crippen LogP contribution in [0.2, 0.25) is 0 Å². The van der Waals surface area contributed by atoms with Crippen LogP contribution in [0.3, 0.4) is 0 Å². The highest BCUT2D eigenvalue weighted by molar-refractivity contribution is 5.98. The fourth-order valence-electron chi connectivity index (χ4n) is 4.76. The maximum Gasteiger partial charge on any atom is 0.308 e. The summed E-state index contributed by atoms with van der Waals surface area (Å²) in [5, 5.41) is 10.4. The number of hydrogen-bond donors (Lipinski definition) is 1. The molecule has 5 heteroatoms. The van der Waals surface area contributed by atoms with Crippen LogP contribution in [-0.2, 0) is 4.79 Å². The molecule has 1 fully saturated rings. The Morgan fingerprint density at radius 2 is 1.44 bits per heavy atom. The van der Waals surface area contributed by atoms with Gasteiger partial charge in [0, 0.05) is 13.5 Å². The first-order chi connectivity index (χ1) is 17.5. The van der Waals surface area contributed by atoms with Crippen LogP contribution in [0.1, 0.15) is 49.8 Å². The molecule has 1 saturated heterocycles. The van der Waals surface area contributed by atoms with Gasteiger partial charge in [0.25, 0.3) is 0 Å². The molecule has 0 saturated carbocycles. The number of carbonyl (C=O) groups excluding carboxylic acids is 1. The maximum absolute atomic E-state index is 11.3. The summed E-state index contributed by atoms with van der Waals surface area (Å²) in [4.78, 5) is 13.6. The Morgan fingerprint density at radius 1 is 0.861 bits per heavy atom. The van der Waals surface area contributed by atoms with Gasteiger partial charge >= 0.3 is 5.97 Å². The van der Waals surface area contributed by atoms with E-state index in [0.29, 0.717) is 12.3 Å². The summed E-state index contributed by atoms with van der Waals surface area (Å²) in [6.07, 6.45) is 2.77. The average molecular weight is 486 g/mol. The van der Waals surface area contributed by atoms with Crippen molar-refractivity contribution in [3.8, 4) is 11.5 Å². The maximum atomic E-state index is 11.3. The molecule has 5 nitrogen and oxygen atoms in total. The van der Waals surface area contributed by atoms with Gasteiger partial charge in [-0.3, -0.25) is 4.79 Å². The van der Waals surface area contributed by atoms with Gasteiger partial charge in [0.05, 0.1) is 0 Å². The van der Waals surface area contributed by atoms with Gasteiger partial charge in [0.1, 0.15) is 24.2 Å². The topological polar surface area (TPSA) is 59.0 Å². The molecule has 3 aromatic rings. The molecule has 1 aliphatic heterocycles. The van der Waals surface area contributed by atoms with Crippen molar-refractivity contribution in [3.63, 3.8) is 0 Å². The molecular weight excluding hydrogens is 450 g/mol. The Kier molecular flexibility index (Phi) is 8.93. The van der Waals surface area contributed by atoms with Gasteiger partial charge in [0.15, 0.2) is 0 Å². The quantitative estimate of drug-likeness (QED) is 0.223. The van der Waals surface area contributed by atoms with Crippen LogP contribution < -0.4 is 9.47 Å². The lowest BCUT2D eigenvalue weighted by Gasteiger charge is -2.20. The van der Waals surface area contributed by atoms with E-state index in [4.69, 9.17) is 9.47 Å². The fourth-order valence-corrected chi connectivity index (χ4v) is 4.76. The molecule has 1 heterocycles. The third kappa shape index (κ3) is 6.84. The first kappa shape index (κ1) is 25.7. The number of nitrogens with zero attached hydrogens (tertiary/aromatic N) is 1. The number of allylic oxidation sites excluding steroid dienone is 1. The molecule has 0 bridgehead atoms. The van der Waals surface area contributed by atoms with Crippen molar-refractivity contribution in [2.45, 2.75) is 39.2 Å². The molecule has 0 aromatic heterocycles. The molecule has 36 heavy (non-hydrogen) atoms. The summed E-state index contributed by atoms with van der Waals surface area (Å²) in [5.41, 5.74) is 5.64. The van der Waals surface area contributed by atoms with Crippen LogP contribution in [0.5, 0.6) is 11.5 Å². The number of aliphatic hydroxyl groups excluding tert-OH is 1. The van der Waals surface area contributed by atoms with Gasteiger partial charge in [0.2, 0.25) is 0 Å². The number of ether oxygens (including phenoxy) is 2. The Balaban J connectivity index is 1.58. The highest BCUT2D eigenvalue weighted by atomic mass is 16.5. The standard InChI is InChI=1S/C31H35NO4/c1-3-30(24-9-5-4-6-10-24)31(26-13-17-29(18-14-26)36-23(2)33)25-11-15-28(16-12-25)35-22-27(34)21-32-19-7-8-20-32/h4-6,9-18,27,34H,3,7-8,19-22H2,1-2H3. The largest absolute Gasteiger partial charge is 0.491 e. The molecule has 3 aromatic carbocycles. The number of carbonyl (C=O) groups is 1. The van der Waals surface area contributed by atoms with Crippen molar-refractivity contribution in [2.75, 3.05) is 26.2 Å². The predicted octanol–water partition coefficient (Wildman–Crippen LogP) is 5.82. The van der Waals surface area contributed by atoms with Gasteiger partial charge in [-0.15, -0.1) is 0 Å². The normalized spacial score (nSPS) is 15.3. The van der Waals surface area contributed by atoms with Gasteiger partial charge in [-0.25, -0.2) is 0 Å². The predicted molar refractivity (Wildman–Crippen MR) is 144 cm³/mol. The lowest BCUT2D eigenvalue weighted by molar-refractivity contribution is -0.131. The summed E-state index contributed by atoms with van der Waals surface area (Å²) >= 11 is 0. The summed E-state index contributed by atoms with van der Waals surface area (Å²) in [6, 6.07) is 26.1. The second-order valence-electron chi connectivity index (χ2n) is 9.19. The number of benzene rings is 3. The van der Waals surface area contributed by atoms with E-state index in [0.717, 1.165) is 42.0 Å². The van der Waals surface area contributed by atoms with Crippen LogP contribution in [-0.4, -0.2) is 48.3 Å². The third-order valence-corrected chi connectivity index (χ3v) is 6.44. The SMILES string of the molecule is CCC(=C(c1ccc(OCC(O)CN2CCCC2)cc1)c1ccc(OC(C)=O)cc1)c1ccccc1. The highest BCUT2D eigenvalue weighted by Crippen LogP contribution is 2.35. The molecule has 1 N–H and O–H groups in total. The van der Waals surface area contributed by atoms with E-state index in [-0.39, 0.29) is 12.6 Å². The molecule has 1 unspecified atom stereocenters. The Hall–Kier alpha value is -3.41. The summed E-state index contributed by atoms with van der Waals surface area (Å²) in [7, 11) is 0. The number of β-amino-alcohol motifs (C(OH)–C–C–N with tert-alkyl or cyclic N) is 1. The Bertz CT molecular complexity index is 1150. The smallest absolute Gasteiger partial charge is 0.308 e. The molecule has 0 spiro atoms. The van der Waals surface area contributed by atoms with Gasteiger partial charge in [-0.05, 0) is 84.5 Å². The number of rotatable bonds is 10. The van der Waals surface area contributed by atoms with Crippen molar-refractivity contribution < 1.29 is 19.4 Å². The molecule has 1 aliphatic rings.